The molecule has 2 N–H and O–H groups in total. The Labute approximate surface area is 115 Å². The van der Waals surface area contributed by atoms with E-state index in [9.17, 15) is 18.4 Å². The number of likely N-dealkylation sites (tertiary alicyclic amines) is 1. The highest BCUT2D eigenvalue weighted by Gasteiger charge is 2.24. The molecule has 0 radical (unpaired) electrons. The van der Waals surface area contributed by atoms with Crippen LogP contribution in [0.25, 0.3) is 0 Å². The van der Waals surface area contributed by atoms with E-state index < -0.39 is 11.6 Å². The lowest BCUT2D eigenvalue weighted by atomic mass is 9.96. The summed E-state index contributed by atoms with van der Waals surface area (Å²) < 4.78 is 25.9. The lowest BCUT2D eigenvalue weighted by molar-refractivity contribution is -0.123. The maximum Gasteiger partial charge on any atom is 0.220 e. The van der Waals surface area contributed by atoms with Gasteiger partial charge in [0.1, 0.15) is 0 Å². The Bertz CT molecular complexity index is 526. The summed E-state index contributed by atoms with van der Waals surface area (Å²) in [5.74, 6) is -2.70. The summed E-state index contributed by atoms with van der Waals surface area (Å²) in [5, 5.41) is 0. The molecule has 0 spiro atoms. The second-order valence-electron chi connectivity index (χ2n) is 5.00. The Morgan fingerprint density at radius 2 is 1.85 bits per heavy atom. The van der Waals surface area contributed by atoms with Crippen LogP contribution < -0.4 is 5.73 Å². The van der Waals surface area contributed by atoms with Crippen LogP contribution in [-0.4, -0.2) is 36.2 Å². The molecule has 6 heteroatoms. The fourth-order valence-corrected chi connectivity index (χ4v) is 2.34. The highest BCUT2D eigenvalue weighted by atomic mass is 19.2. The summed E-state index contributed by atoms with van der Waals surface area (Å²) in [6, 6.07) is 3.13. The number of primary amides is 1. The van der Waals surface area contributed by atoms with Gasteiger partial charge in [0.25, 0.3) is 0 Å². The highest BCUT2D eigenvalue weighted by molar-refractivity contribution is 5.97. The second-order valence-corrected chi connectivity index (χ2v) is 5.00. The number of carbonyl (C=O) groups excluding carboxylic acids is 2. The topological polar surface area (TPSA) is 63.4 Å². The van der Waals surface area contributed by atoms with E-state index in [-0.39, 0.29) is 29.7 Å². The standard InChI is InChI=1S/C14H16F2N2O2/c15-11-2-1-10(7-12(11)16)13(19)8-18-5-3-9(4-6-18)14(17)20/h1-2,7,9H,3-6,8H2,(H2,17,20). The van der Waals surface area contributed by atoms with Crippen LogP contribution >= 0.6 is 0 Å². The fraction of sp³-hybridized carbons (Fsp3) is 0.429. The Morgan fingerprint density at radius 3 is 2.40 bits per heavy atom. The number of Topliss-reactive ketones (excluding diaryl/α,β-unsaturated/α-hetero) is 1. The monoisotopic (exact) mass is 282 g/mol. The molecule has 1 fully saturated rings. The number of piperidine rings is 1. The average Bonchev–Trinajstić information content (AvgIpc) is 2.42. The first-order valence-corrected chi connectivity index (χ1v) is 6.47. The van der Waals surface area contributed by atoms with E-state index in [1.54, 1.807) is 0 Å². The maximum absolute atomic E-state index is 13.1. The predicted octanol–water partition coefficient (Wildman–Crippen LogP) is 1.34. The molecule has 1 aromatic rings. The van der Waals surface area contributed by atoms with E-state index in [4.69, 9.17) is 5.73 Å². The zero-order valence-electron chi connectivity index (χ0n) is 10.9. The minimum absolute atomic E-state index is 0.135. The number of rotatable bonds is 4. The van der Waals surface area contributed by atoms with E-state index in [1.165, 1.54) is 6.07 Å². The van der Waals surface area contributed by atoms with Crippen LogP contribution in [0.15, 0.2) is 18.2 Å². The maximum atomic E-state index is 13.1. The van der Waals surface area contributed by atoms with Crippen LogP contribution in [0.3, 0.4) is 0 Å². The van der Waals surface area contributed by atoms with Crippen molar-refractivity contribution in [1.29, 1.82) is 0 Å². The van der Waals surface area contributed by atoms with Gasteiger partial charge in [0, 0.05) is 11.5 Å². The van der Waals surface area contributed by atoms with Gasteiger partial charge in [0.15, 0.2) is 17.4 Å². The van der Waals surface area contributed by atoms with Gasteiger partial charge in [-0.1, -0.05) is 0 Å². The van der Waals surface area contributed by atoms with Crippen LogP contribution in [0.4, 0.5) is 8.78 Å². The first-order valence-electron chi connectivity index (χ1n) is 6.47. The van der Waals surface area contributed by atoms with Gasteiger partial charge in [0.2, 0.25) is 5.91 Å². The first-order chi connectivity index (χ1) is 9.47. The van der Waals surface area contributed by atoms with Crippen molar-refractivity contribution in [2.24, 2.45) is 11.7 Å². The molecule has 0 atom stereocenters. The highest BCUT2D eigenvalue weighted by Crippen LogP contribution is 2.17. The van der Waals surface area contributed by atoms with Crippen molar-refractivity contribution in [2.75, 3.05) is 19.6 Å². The van der Waals surface area contributed by atoms with Gasteiger partial charge in [-0.2, -0.15) is 0 Å². The first kappa shape index (κ1) is 14.6. The van der Waals surface area contributed by atoms with E-state index >= 15 is 0 Å². The third kappa shape index (κ3) is 3.39. The van der Waals surface area contributed by atoms with E-state index in [2.05, 4.69) is 0 Å². The number of carbonyl (C=O) groups is 2. The van der Waals surface area contributed by atoms with Crippen LogP contribution in [0.1, 0.15) is 23.2 Å². The molecule has 1 saturated heterocycles. The van der Waals surface area contributed by atoms with Gasteiger partial charge >= 0.3 is 0 Å². The van der Waals surface area contributed by atoms with Gasteiger partial charge < -0.3 is 5.73 Å². The number of amides is 1. The molecule has 1 heterocycles. The molecule has 0 saturated carbocycles. The van der Waals surface area contributed by atoms with Crippen molar-refractivity contribution in [1.82, 2.24) is 4.90 Å². The van der Waals surface area contributed by atoms with Gasteiger partial charge in [0.05, 0.1) is 6.54 Å². The summed E-state index contributed by atoms with van der Waals surface area (Å²) in [7, 11) is 0. The molecule has 0 unspecified atom stereocenters. The fourth-order valence-electron chi connectivity index (χ4n) is 2.34. The zero-order valence-corrected chi connectivity index (χ0v) is 10.9. The SMILES string of the molecule is NC(=O)C1CCN(CC(=O)c2ccc(F)c(F)c2)CC1. The largest absolute Gasteiger partial charge is 0.369 e. The lowest BCUT2D eigenvalue weighted by Crippen LogP contribution is -2.40. The number of hydrogen-bond acceptors (Lipinski definition) is 3. The molecule has 1 amide bonds. The van der Waals surface area contributed by atoms with Crippen LogP contribution in [0, 0.1) is 17.6 Å². The number of ketones is 1. The van der Waals surface area contributed by atoms with Crippen LogP contribution in [0.5, 0.6) is 0 Å². The number of nitrogens with two attached hydrogens (primary N) is 1. The van der Waals surface area contributed by atoms with Crippen molar-refractivity contribution in [3.63, 3.8) is 0 Å². The summed E-state index contributed by atoms with van der Waals surface area (Å²) in [4.78, 5) is 24.9. The van der Waals surface area contributed by atoms with Crippen molar-refractivity contribution < 1.29 is 18.4 Å². The number of nitrogens with zero attached hydrogens (tertiary/aromatic N) is 1. The molecule has 1 aliphatic rings. The molecule has 0 aliphatic carbocycles. The molecular weight excluding hydrogens is 266 g/mol. The van der Waals surface area contributed by atoms with Gasteiger partial charge in [-0.05, 0) is 44.1 Å². The van der Waals surface area contributed by atoms with Gasteiger partial charge in [-0.3, -0.25) is 14.5 Å². The molecule has 4 nitrogen and oxygen atoms in total. The summed E-state index contributed by atoms with van der Waals surface area (Å²) in [6.07, 6.45) is 1.25. The Kier molecular flexibility index (Phi) is 4.44. The molecular formula is C14H16F2N2O2. The number of hydrogen-bond donors (Lipinski definition) is 1. The summed E-state index contributed by atoms with van der Waals surface area (Å²) >= 11 is 0. The van der Waals surface area contributed by atoms with Gasteiger partial charge in [-0.25, -0.2) is 8.78 Å². The second kappa shape index (κ2) is 6.09. The lowest BCUT2D eigenvalue weighted by Gasteiger charge is -2.29. The van der Waals surface area contributed by atoms with Crippen molar-refractivity contribution in [3.05, 3.63) is 35.4 Å². The van der Waals surface area contributed by atoms with Crippen LogP contribution in [0.2, 0.25) is 0 Å². The summed E-state index contributed by atoms with van der Waals surface area (Å²) in [5.41, 5.74) is 5.39. The minimum Gasteiger partial charge on any atom is -0.369 e. The molecule has 1 aromatic carbocycles. The van der Waals surface area contributed by atoms with Crippen molar-refractivity contribution in [3.8, 4) is 0 Å². The van der Waals surface area contributed by atoms with E-state index in [0.29, 0.717) is 25.9 Å². The van der Waals surface area contributed by atoms with Gasteiger partial charge in [-0.15, -0.1) is 0 Å². The Hall–Kier alpha value is -1.82. The third-order valence-electron chi connectivity index (χ3n) is 3.60. The number of halogens is 2. The molecule has 108 valence electrons. The smallest absolute Gasteiger partial charge is 0.220 e. The normalized spacial score (nSPS) is 17.1. The predicted molar refractivity (Wildman–Crippen MR) is 69.0 cm³/mol. The average molecular weight is 282 g/mol. The van der Waals surface area contributed by atoms with Crippen LogP contribution in [-0.2, 0) is 4.79 Å². The zero-order chi connectivity index (χ0) is 14.7. The third-order valence-corrected chi connectivity index (χ3v) is 3.60. The molecule has 2 rings (SSSR count). The van der Waals surface area contributed by atoms with Crippen molar-refractivity contribution in [2.45, 2.75) is 12.8 Å². The van der Waals surface area contributed by atoms with Crippen molar-refractivity contribution >= 4 is 11.7 Å². The molecule has 20 heavy (non-hydrogen) atoms. The summed E-state index contributed by atoms with van der Waals surface area (Å²) in [6.45, 7) is 1.34. The molecule has 0 bridgehead atoms. The quantitative estimate of drug-likeness (QED) is 0.848. The molecule has 0 aromatic heterocycles. The Balaban J connectivity index is 1.92. The minimum atomic E-state index is -1.02. The van der Waals surface area contributed by atoms with E-state index in [0.717, 1.165) is 12.1 Å². The van der Waals surface area contributed by atoms with E-state index in [1.807, 2.05) is 4.90 Å². The number of benzene rings is 1. The molecule has 1 aliphatic heterocycles. The Morgan fingerprint density at radius 1 is 1.20 bits per heavy atom.